The maximum Gasteiger partial charge on any atom is 0.225 e. The van der Waals surface area contributed by atoms with Crippen molar-refractivity contribution in [2.24, 2.45) is 0 Å². The highest BCUT2D eigenvalue weighted by atomic mass is 19.1. The minimum Gasteiger partial charge on any atom is -0.491 e. The van der Waals surface area contributed by atoms with Crippen molar-refractivity contribution >= 4 is 17.1 Å². The average Bonchev–Trinajstić information content (AvgIpc) is 3.26. The molecule has 0 aliphatic heterocycles. The summed E-state index contributed by atoms with van der Waals surface area (Å²) in [5, 5.41) is 11.5. The molecular weight excluding hydrogens is 323 g/mol. The van der Waals surface area contributed by atoms with Crippen LogP contribution >= 0.6 is 0 Å². The van der Waals surface area contributed by atoms with E-state index in [1.807, 2.05) is 6.92 Å². The largest absolute Gasteiger partial charge is 0.491 e. The third kappa shape index (κ3) is 3.11. The number of hydrogen-bond donors (Lipinski definition) is 1. The van der Waals surface area contributed by atoms with Gasteiger partial charge < -0.3 is 10.1 Å². The number of nitrogens with zero attached hydrogens (tertiary/aromatic N) is 5. The lowest BCUT2D eigenvalue weighted by Crippen LogP contribution is -2.16. The number of rotatable bonds is 5. The van der Waals surface area contributed by atoms with Crippen LogP contribution < -0.4 is 10.1 Å². The normalized spacial score (nSPS) is 15.0. The molecule has 0 saturated heterocycles. The van der Waals surface area contributed by atoms with Gasteiger partial charge in [-0.15, -0.1) is 5.10 Å². The summed E-state index contributed by atoms with van der Waals surface area (Å²) in [7, 11) is 0. The first kappa shape index (κ1) is 15.7. The van der Waals surface area contributed by atoms with Crippen LogP contribution in [-0.2, 0) is 0 Å². The van der Waals surface area contributed by atoms with Crippen LogP contribution in [0, 0.1) is 5.82 Å². The molecule has 0 unspecified atom stereocenters. The summed E-state index contributed by atoms with van der Waals surface area (Å²) < 4.78 is 20.9. The van der Waals surface area contributed by atoms with Gasteiger partial charge >= 0.3 is 0 Å². The average molecular weight is 342 g/mol. The molecule has 7 nitrogen and oxygen atoms in total. The molecule has 25 heavy (non-hydrogen) atoms. The number of hydrogen-bond acceptors (Lipinski definition) is 6. The van der Waals surface area contributed by atoms with Crippen molar-refractivity contribution in [3.05, 3.63) is 30.2 Å². The zero-order valence-electron chi connectivity index (χ0n) is 13.9. The fourth-order valence-corrected chi connectivity index (χ4v) is 3.12. The van der Waals surface area contributed by atoms with E-state index in [1.165, 1.54) is 23.6 Å². The number of aromatic nitrogens is 5. The molecule has 0 atom stereocenters. The molecular formula is C17H19FN6O. The number of nitrogens with one attached hydrogen (secondary N) is 1. The van der Waals surface area contributed by atoms with E-state index in [4.69, 9.17) is 4.74 Å². The van der Waals surface area contributed by atoms with Crippen LogP contribution in [0.5, 0.6) is 5.75 Å². The summed E-state index contributed by atoms with van der Waals surface area (Å²) in [6.45, 7) is 2.22. The van der Waals surface area contributed by atoms with Crippen molar-refractivity contribution < 1.29 is 9.13 Å². The van der Waals surface area contributed by atoms with Gasteiger partial charge in [-0.25, -0.2) is 9.37 Å². The van der Waals surface area contributed by atoms with Gasteiger partial charge in [0, 0.05) is 12.1 Å². The summed E-state index contributed by atoms with van der Waals surface area (Å²) in [5.74, 6) is 0.324. The first-order valence-electron chi connectivity index (χ1n) is 8.52. The van der Waals surface area contributed by atoms with Gasteiger partial charge in [-0.2, -0.15) is 9.67 Å². The van der Waals surface area contributed by atoms with E-state index < -0.39 is 5.82 Å². The predicted molar refractivity (Wildman–Crippen MR) is 91.5 cm³/mol. The second-order valence-corrected chi connectivity index (χ2v) is 6.08. The molecule has 1 saturated carbocycles. The fraction of sp³-hybridized carbons (Fsp3) is 0.412. The van der Waals surface area contributed by atoms with Crippen LogP contribution in [0.3, 0.4) is 0 Å². The molecule has 8 heteroatoms. The van der Waals surface area contributed by atoms with Gasteiger partial charge in [-0.3, -0.25) is 0 Å². The minimum absolute atomic E-state index is 0.217. The van der Waals surface area contributed by atoms with Crippen LogP contribution in [0.2, 0.25) is 0 Å². The highest BCUT2D eigenvalue weighted by Gasteiger charge is 2.17. The smallest absolute Gasteiger partial charge is 0.225 e. The standard InChI is InChI=1S/C17H19FN6O/c1-2-25-15-8-7-12(9-13(15)18)24-16-14(22-23-24)10-19-17(21-16)20-11-5-3-4-6-11/h7-11H,2-6H2,1H3,(H,19,20,21). The van der Waals surface area contributed by atoms with Gasteiger partial charge in [0.25, 0.3) is 0 Å². The maximum atomic E-state index is 14.1. The Morgan fingerprint density at radius 1 is 1.32 bits per heavy atom. The van der Waals surface area contributed by atoms with E-state index in [2.05, 4.69) is 25.6 Å². The predicted octanol–water partition coefficient (Wildman–Crippen LogP) is 3.10. The van der Waals surface area contributed by atoms with E-state index in [-0.39, 0.29) is 5.75 Å². The number of benzene rings is 1. The van der Waals surface area contributed by atoms with Crippen LogP contribution in [0.1, 0.15) is 32.6 Å². The monoisotopic (exact) mass is 342 g/mol. The number of ether oxygens (including phenoxy) is 1. The lowest BCUT2D eigenvalue weighted by molar-refractivity contribution is 0.321. The topological polar surface area (TPSA) is 77.8 Å². The Bertz CT molecular complexity index is 890. The molecule has 1 N–H and O–H groups in total. The van der Waals surface area contributed by atoms with Crippen LogP contribution in [0.15, 0.2) is 24.4 Å². The van der Waals surface area contributed by atoms with Crippen molar-refractivity contribution in [3.8, 4) is 11.4 Å². The highest BCUT2D eigenvalue weighted by molar-refractivity contribution is 5.72. The fourth-order valence-electron chi connectivity index (χ4n) is 3.12. The van der Waals surface area contributed by atoms with Crippen molar-refractivity contribution in [3.63, 3.8) is 0 Å². The molecule has 4 rings (SSSR count). The maximum absolute atomic E-state index is 14.1. The third-order valence-electron chi connectivity index (χ3n) is 4.34. The minimum atomic E-state index is -0.443. The summed E-state index contributed by atoms with van der Waals surface area (Å²) in [4.78, 5) is 8.83. The number of halogens is 1. The molecule has 1 aliphatic carbocycles. The summed E-state index contributed by atoms with van der Waals surface area (Å²) >= 11 is 0. The molecule has 2 aromatic heterocycles. The lowest BCUT2D eigenvalue weighted by Gasteiger charge is -2.11. The second kappa shape index (κ2) is 6.62. The third-order valence-corrected chi connectivity index (χ3v) is 4.34. The highest BCUT2D eigenvalue weighted by Crippen LogP contribution is 2.24. The van der Waals surface area contributed by atoms with E-state index in [9.17, 15) is 4.39 Å². The van der Waals surface area contributed by atoms with Gasteiger partial charge in [0.05, 0.1) is 18.5 Å². The molecule has 0 bridgehead atoms. The molecule has 1 aromatic carbocycles. The zero-order chi connectivity index (χ0) is 17.2. The van der Waals surface area contributed by atoms with Crippen LogP contribution in [-0.4, -0.2) is 37.6 Å². The second-order valence-electron chi connectivity index (χ2n) is 6.08. The SMILES string of the molecule is CCOc1ccc(-n2nnc3cnc(NC4CCCC4)nc32)cc1F. The van der Waals surface area contributed by atoms with Gasteiger partial charge in [-0.05, 0) is 31.9 Å². The van der Waals surface area contributed by atoms with Gasteiger partial charge in [0.2, 0.25) is 5.95 Å². The Morgan fingerprint density at radius 3 is 2.92 bits per heavy atom. The van der Waals surface area contributed by atoms with Crippen molar-refractivity contribution in [2.75, 3.05) is 11.9 Å². The molecule has 2 heterocycles. The Kier molecular flexibility index (Phi) is 4.17. The van der Waals surface area contributed by atoms with Crippen LogP contribution in [0.25, 0.3) is 16.9 Å². The summed E-state index contributed by atoms with van der Waals surface area (Å²) in [6, 6.07) is 5.09. The van der Waals surface area contributed by atoms with Crippen molar-refractivity contribution in [1.82, 2.24) is 25.0 Å². The van der Waals surface area contributed by atoms with E-state index >= 15 is 0 Å². The van der Waals surface area contributed by atoms with Gasteiger partial charge in [0.1, 0.15) is 0 Å². The van der Waals surface area contributed by atoms with Crippen LogP contribution in [0.4, 0.5) is 10.3 Å². The van der Waals surface area contributed by atoms with E-state index in [0.29, 0.717) is 35.4 Å². The molecule has 0 amide bonds. The van der Waals surface area contributed by atoms with Crippen molar-refractivity contribution in [1.29, 1.82) is 0 Å². The van der Waals surface area contributed by atoms with E-state index in [1.54, 1.807) is 18.3 Å². The lowest BCUT2D eigenvalue weighted by atomic mass is 10.2. The summed E-state index contributed by atoms with van der Waals surface area (Å²) in [6.07, 6.45) is 6.34. The van der Waals surface area contributed by atoms with Gasteiger partial charge in [0.15, 0.2) is 22.7 Å². The molecule has 0 spiro atoms. The molecule has 3 aromatic rings. The molecule has 1 aliphatic rings. The van der Waals surface area contributed by atoms with E-state index in [0.717, 1.165) is 12.8 Å². The molecule has 1 fully saturated rings. The van der Waals surface area contributed by atoms with Crippen molar-refractivity contribution in [2.45, 2.75) is 38.6 Å². The van der Waals surface area contributed by atoms with Gasteiger partial charge in [-0.1, -0.05) is 18.1 Å². The molecule has 130 valence electrons. The zero-order valence-corrected chi connectivity index (χ0v) is 13.9. The quantitative estimate of drug-likeness (QED) is 0.768. The Labute approximate surface area is 144 Å². The first-order valence-corrected chi connectivity index (χ1v) is 8.52. The number of anilines is 1. The number of fused-ring (bicyclic) bond motifs is 1. The first-order chi connectivity index (χ1) is 12.2. The Morgan fingerprint density at radius 2 is 2.16 bits per heavy atom. The molecule has 0 radical (unpaired) electrons. The Hall–Kier alpha value is -2.77. The Balaban J connectivity index is 1.68. The summed E-state index contributed by atoms with van der Waals surface area (Å²) in [5.41, 5.74) is 1.64.